The number of benzene rings is 2. The molecule has 5 nitrogen and oxygen atoms in total. The van der Waals surface area contributed by atoms with Crippen LogP contribution < -0.4 is 0 Å². The quantitative estimate of drug-likeness (QED) is 0.529. The molecule has 1 atom stereocenters. The van der Waals surface area contributed by atoms with Crippen molar-refractivity contribution in [3.8, 4) is 11.5 Å². The molecule has 0 radical (unpaired) electrons. The fourth-order valence-corrected chi connectivity index (χ4v) is 4.01. The lowest BCUT2D eigenvalue weighted by Gasteiger charge is -2.26. The fraction of sp³-hybridized carbons (Fsp3) is 0.333. The van der Waals surface area contributed by atoms with E-state index in [9.17, 15) is 4.79 Å². The van der Waals surface area contributed by atoms with Gasteiger partial charge in [-0.05, 0) is 57.3 Å². The zero-order valence-corrected chi connectivity index (χ0v) is 17.3. The number of esters is 1. The van der Waals surface area contributed by atoms with Crippen LogP contribution in [0.2, 0.25) is 10.0 Å². The van der Waals surface area contributed by atoms with Crippen LogP contribution in [0.5, 0.6) is 0 Å². The predicted octanol–water partition coefficient (Wildman–Crippen LogP) is 5.44. The van der Waals surface area contributed by atoms with Gasteiger partial charge in [0.1, 0.15) is 11.6 Å². The highest BCUT2D eigenvalue weighted by molar-refractivity contribution is 6.35. The van der Waals surface area contributed by atoms with Gasteiger partial charge in [0.2, 0.25) is 5.89 Å². The normalized spacial score (nSPS) is 19.2. The minimum absolute atomic E-state index is 0.0208. The average Bonchev–Trinajstić information content (AvgIpc) is 3.13. The third-order valence-corrected chi connectivity index (χ3v) is 5.68. The van der Waals surface area contributed by atoms with Crippen LogP contribution in [0, 0.1) is 0 Å². The highest BCUT2D eigenvalue weighted by Gasteiger charge is 2.37. The molecule has 28 heavy (non-hydrogen) atoms. The summed E-state index contributed by atoms with van der Waals surface area (Å²) >= 11 is 12.1. The molecule has 2 heterocycles. The van der Waals surface area contributed by atoms with E-state index in [2.05, 4.69) is 23.7 Å². The van der Waals surface area contributed by atoms with Crippen molar-refractivity contribution in [3.63, 3.8) is 0 Å². The number of rotatable bonds is 3. The van der Waals surface area contributed by atoms with E-state index in [1.54, 1.807) is 36.4 Å². The minimum atomic E-state index is -0.359. The number of likely N-dealkylation sites (tertiary alicyclic amines) is 1. The van der Waals surface area contributed by atoms with Crippen LogP contribution >= 0.6 is 23.2 Å². The monoisotopic (exact) mass is 418 g/mol. The summed E-state index contributed by atoms with van der Waals surface area (Å²) in [6.45, 7) is 5.01. The molecule has 0 spiro atoms. The predicted molar refractivity (Wildman–Crippen MR) is 110 cm³/mol. The van der Waals surface area contributed by atoms with E-state index in [1.165, 1.54) is 0 Å². The Bertz CT molecular complexity index is 1040. The second-order valence-electron chi connectivity index (χ2n) is 7.78. The molecule has 0 N–H and O–H groups in total. The van der Waals surface area contributed by atoms with Crippen molar-refractivity contribution in [1.82, 2.24) is 9.88 Å². The van der Waals surface area contributed by atoms with E-state index < -0.39 is 0 Å². The molecule has 0 bridgehead atoms. The van der Waals surface area contributed by atoms with Gasteiger partial charge in [0.25, 0.3) is 0 Å². The first kappa shape index (κ1) is 19.2. The highest BCUT2D eigenvalue weighted by atomic mass is 35.5. The zero-order chi connectivity index (χ0) is 20.1. The lowest BCUT2D eigenvalue weighted by atomic mass is 10.0. The molecule has 0 aliphatic carbocycles. The molecule has 1 fully saturated rings. The number of hydrogen-bond acceptors (Lipinski definition) is 5. The summed E-state index contributed by atoms with van der Waals surface area (Å²) in [7, 11) is 2.04. The van der Waals surface area contributed by atoms with Gasteiger partial charge in [0.15, 0.2) is 5.58 Å². The fourth-order valence-electron chi connectivity index (χ4n) is 3.48. The van der Waals surface area contributed by atoms with E-state index in [0.29, 0.717) is 38.2 Å². The van der Waals surface area contributed by atoms with Gasteiger partial charge in [0, 0.05) is 34.1 Å². The lowest BCUT2D eigenvalue weighted by molar-refractivity contribution is 0.0325. The molecule has 1 aromatic heterocycles. The van der Waals surface area contributed by atoms with Crippen LogP contribution in [-0.2, 0) is 4.74 Å². The Labute approximate surface area is 173 Å². The third-order valence-electron chi connectivity index (χ3n) is 5.25. The van der Waals surface area contributed by atoms with Crippen molar-refractivity contribution in [1.29, 1.82) is 0 Å². The lowest BCUT2D eigenvalue weighted by Crippen LogP contribution is -2.34. The van der Waals surface area contributed by atoms with Crippen LogP contribution in [0.25, 0.3) is 22.6 Å². The van der Waals surface area contributed by atoms with E-state index in [-0.39, 0.29) is 17.6 Å². The van der Waals surface area contributed by atoms with Gasteiger partial charge in [-0.2, -0.15) is 0 Å². The molecule has 2 aromatic carbocycles. The maximum atomic E-state index is 12.6. The maximum absolute atomic E-state index is 12.6. The summed E-state index contributed by atoms with van der Waals surface area (Å²) in [5.74, 6) is 0.0332. The van der Waals surface area contributed by atoms with Gasteiger partial charge in [-0.1, -0.05) is 23.2 Å². The van der Waals surface area contributed by atoms with Crippen LogP contribution in [-0.4, -0.2) is 41.1 Å². The Balaban J connectivity index is 1.57. The van der Waals surface area contributed by atoms with E-state index >= 15 is 0 Å². The molecule has 1 unspecified atom stereocenters. The van der Waals surface area contributed by atoms with E-state index in [0.717, 1.165) is 13.0 Å². The molecule has 1 aliphatic heterocycles. The van der Waals surface area contributed by atoms with Gasteiger partial charge in [0.05, 0.1) is 5.56 Å². The second-order valence-corrected chi connectivity index (χ2v) is 8.66. The molecule has 3 aromatic rings. The minimum Gasteiger partial charge on any atom is -0.457 e. The van der Waals surface area contributed by atoms with Crippen molar-refractivity contribution in [2.45, 2.75) is 31.9 Å². The Morgan fingerprint density at radius 1 is 1.21 bits per heavy atom. The second kappa shape index (κ2) is 7.07. The highest BCUT2D eigenvalue weighted by Crippen LogP contribution is 2.31. The standard InChI is InChI=1S/C21H20Cl2N2O3/c1-21(2)10-16(11-25(21)3)27-20(26)12-4-5-17-18(8-12)28-19(24-17)13-6-14(22)9-15(23)7-13/h4-9,16H,10-11H2,1-3H3. The topological polar surface area (TPSA) is 55.6 Å². The number of carbonyl (C=O) groups is 1. The number of aromatic nitrogens is 1. The van der Waals surface area contributed by atoms with Crippen LogP contribution in [0.3, 0.4) is 0 Å². The van der Waals surface area contributed by atoms with Crippen LogP contribution in [0.15, 0.2) is 40.8 Å². The summed E-state index contributed by atoms with van der Waals surface area (Å²) < 4.78 is 11.5. The summed E-state index contributed by atoms with van der Waals surface area (Å²) in [5.41, 5.74) is 2.28. The summed E-state index contributed by atoms with van der Waals surface area (Å²) in [6, 6.07) is 10.2. The summed E-state index contributed by atoms with van der Waals surface area (Å²) in [4.78, 5) is 19.2. The first-order chi connectivity index (χ1) is 13.2. The number of nitrogens with zero attached hydrogens (tertiary/aromatic N) is 2. The number of oxazole rings is 1. The van der Waals surface area contributed by atoms with Gasteiger partial charge in [-0.3, -0.25) is 4.90 Å². The van der Waals surface area contributed by atoms with Crippen LogP contribution in [0.1, 0.15) is 30.6 Å². The molecular weight excluding hydrogens is 399 g/mol. The Kier molecular flexibility index (Phi) is 4.86. The molecule has 1 saturated heterocycles. The smallest absolute Gasteiger partial charge is 0.338 e. The maximum Gasteiger partial charge on any atom is 0.338 e. The van der Waals surface area contributed by atoms with Gasteiger partial charge >= 0.3 is 5.97 Å². The molecule has 7 heteroatoms. The van der Waals surface area contributed by atoms with Crippen molar-refractivity contribution in [2.24, 2.45) is 0 Å². The summed E-state index contributed by atoms with van der Waals surface area (Å²) in [6.07, 6.45) is 0.682. The summed E-state index contributed by atoms with van der Waals surface area (Å²) in [5, 5.41) is 0.997. The van der Waals surface area contributed by atoms with E-state index in [1.807, 2.05) is 7.05 Å². The van der Waals surface area contributed by atoms with Gasteiger partial charge in [-0.15, -0.1) is 0 Å². The number of halogens is 2. The Morgan fingerprint density at radius 3 is 2.57 bits per heavy atom. The molecule has 0 saturated carbocycles. The first-order valence-electron chi connectivity index (χ1n) is 9.00. The van der Waals surface area contributed by atoms with Crippen LogP contribution in [0.4, 0.5) is 0 Å². The number of ether oxygens (including phenoxy) is 1. The Morgan fingerprint density at radius 2 is 1.93 bits per heavy atom. The van der Waals surface area contributed by atoms with Gasteiger partial charge < -0.3 is 9.15 Å². The third kappa shape index (κ3) is 3.75. The molecule has 1 aliphatic rings. The number of carbonyl (C=O) groups excluding carboxylic acids is 1. The van der Waals surface area contributed by atoms with Crippen molar-refractivity contribution < 1.29 is 13.9 Å². The molecule has 4 rings (SSSR count). The van der Waals surface area contributed by atoms with Crippen molar-refractivity contribution in [3.05, 3.63) is 52.0 Å². The average molecular weight is 419 g/mol. The Hall–Kier alpha value is -2.08. The van der Waals surface area contributed by atoms with Crippen molar-refractivity contribution in [2.75, 3.05) is 13.6 Å². The number of likely N-dealkylation sites (N-methyl/N-ethyl adjacent to an activating group) is 1. The number of fused-ring (bicyclic) bond motifs is 1. The van der Waals surface area contributed by atoms with E-state index in [4.69, 9.17) is 32.4 Å². The molecular formula is C21H20Cl2N2O3. The molecule has 146 valence electrons. The first-order valence-corrected chi connectivity index (χ1v) is 9.76. The largest absolute Gasteiger partial charge is 0.457 e. The zero-order valence-electron chi connectivity index (χ0n) is 15.8. The van der Waals surface area contributed by atoms with Gasteiger partial charge in [-0.25, -0.2) is 9.78 Å². The number of hydrogen-bond donors (Lipinski definition) is 0. The molecule has 0 amide bonds. The SMILES string of the molecule is CN1CC(OC(=O)c2ccc3nc(-c4cc(Cl)cc(Cl)c4)oc3c2)CC1(C)C. The van der Waals surface area contributed by atoms with Crippen molar-refractivity contribution >= 4 is 40.3 Å².